The van der Waals surface area contributed by atoms with E-state index in [1.165, 1.54) is 4.90 Å². The third-order valence-corrected chi connectivity index (χ3v) is 5.53. The first kappa shape index (κ1) is 18.9. The van der Waals surface area contributed by atoms with Gasteiger partial charge in [-0.2, -0.15) is 0 Å². The lowest BCUT2D eigenvalue weighted by Crippen LogP contribution is -2.57. The van der Waals surface area contributed by atoms with Crippen molar-refractivity contribution in [2.45, 2.75) is 50.8 Å². The Labute approximate surface area is 154 Å². The zero-order chi connectivity index (χ0) is 19.1. The van der Waals surface area contributed by atoms with Gasteiger partial charge in [-0.1, -0.05) is 32.9 Å². The van der Waals surface area contributed by atoms with Gasteiger partial charge in [0.1, 0.15) is 5.72 Å². The van der Waals surface area contributed by atoms with Crippen molar-refractivity contribution >= 4 is 11.9 Å². The number of piperidine rings is 1. The van der Waals surface area contributed by atoms with Crippen LogP contribution in [0.15, 0.2) is 24.3 Å². The maximum absolute atomic E-state index is 13.2. The Morgan fingerprint density at radius 3 is 2.23 bits per heavy atom. The van der Waals surface area contributed by atoms with Crippen LogP contribution < -0.4 is 0 Å². The molecule has 0 saturated carbocycles. The van der Waals surface area contributed by atoms with Crippen molar-refractivity contribution in [3.63, 3.8) is 0 Å². The molecule has 26 heavy (non-hydrogen) atoms. The molecule has 0 unspecified atom stereocenters. The Morgan fingerprint density at radius 1 is 1.15 bits per heavy atom. The lowest BCUT2D eigenvalue weighted by Gasteiger charge is -2.43. The van der Waals surface area contributed by atoms with Crippen molar-refractivity contribution in [1.29, 1.82) is 0 Å². The third-order valence-electron chi connectivity index (χ3n) is 5.53. The van der Waals surface area contributed by atoms with Gasteiger partial charge in [-0.25, -0.2) is 4.79 Å². The number of benzene rings is 1. The summed E-state index contributed by atoms with van der Waals surface area (Å²) in [5.74, 6) is -1.28. The number of rotatable bonds is 2. The fraction of sp³-hybridized carbons (Fsp3) is 0.600. The summed E-state index contributed by atoms with van der Waals surface area (Å²) in [6.07, 6.45) is 1.25. The minimum Gasteiger partial charge on any atom is -0.480 e. The average molecular weight is 360 g/mol. The number of carboxylic acids is 1. The number of carboxylic acid groups (broad SMARTS) is 1. The number of amides is 1. The van der Waals surface area contributed by atoms with Crippen LogP contribution in [0.1, 0.15) is 49.5 Å². The van der Waals surface area contributed by atoms with Crippen LogP contribution in [-0.4, -0.2) is 65.3 Å². The smallest absolute Gasteiger partial charge is 0.328 e. The molecule has 1 N–H and O–H groups in total. The lowest BCUT2D eigenvalue weighted by atomic mass is 9.86. The summed E-state index contributed by atoms with van der Waals surface area (Å²) >= 11 is 0. The molecule has 1 spiro atoms. The number of carbonyl (C=O) groups is 2. The van der Waals surface area contributed by atoms with Crippen LogP contribution in [0.5, 0.6) is 0 Å². The number of ether oxygens (including phenoxy) is 1. The van der Waals surface area contributed by atoms with Crippen molar-refractivity contribution in [2.24, 2.45) is 0 Å². The lowest BCUT2D eigenvalue weighted by molar-refractivity contribution is -0.143. The second-order valence-electron chi connectivity index (χ2n) is 8.42. The molecule has 0 radical (unpaired) electrons. The standard InChI is InChI=1S/C20H28N2O4/c1-19(2,3)15-7-5-14(6-8-15)17(23)22-16(18(24)25)13-26-20(22)9-11-21(4)12-10-20/h5-8,16H,9-13H2,1-4H3,(H,24,25)/t16-/m0/s1. The molecule has 0 aromatic heterocycles. The van der Waals surface area contributed by atoms with E-state index in [4.69, 9.17) is 4.74 Å². The number of aliphatic carboxylic acids is 1. The Balaban J connectivity index is 1.91. The normalized spacial score (nSPS) is 23.4. The van der Waals surface area contributed by atoms with Crippen molar-refractivity contribution in [1.82, 2.24) is 9.80 Å². The Bertz CT molecular complexity index is 685. The highest BCUT2D eigenvalue weighted by Gasteiger charge is 2.53. The second kappa shape index (κ2) is 6.67. The molecule has 2 heterocycles. The number of hydrogen-bond donors (Lipinski definition) is 1. The van der Waals surface area contributed by atoms with Crippen LogP contribution in [0.25, 0.3) is 0 Å². The van der Waals surface area contributed by atoms with Gasteiger partial charge in [-0.3, -0.25) is 9.69 Å². The summed E-state index contributed by atoms with van der Waals surface area (Å²) in [5.41, 5.74) is 0.829. The summed E-state index contributed by atoms with van der Waals surface area (Å²) in [5, 5.41) is 9.61. The first-order chi connectivity index (χ1) is 12.1. The molecule has 2 fully saturated rings. The molecule has 6 heteroatoms. The van der Waals surface area contributed by atoms with E-state index in [0.29, 0.717) is 18.4 Å². The summed E-state index contributed by atoms with van der Waals surface area (Å²) in [6.45, 7) is 7.95. The van der Waals surface area contributed by atoms with Crippen LogP contribution in [-0.2, 0) is 14.9 Å². The van der Waals surface area contributed by atoms with Crippen molar-refractivity contribution in [3.05, 3.63) is 35.4 Å². The molecular weight excluding hydrogens is 332 g/mol. The highest BCUT2D eigenvalue weighted by Crippen LogP contribution is 2.38. The topological polar surface area (TPSA) is 70.1 Å². The monoisotopic (exact) mass is 360 g/mol. The predicted octanol–water partition coefficient (Wildman–Crippen LogP) is 2.33. The van der Waals surface area contributed by atoms with E-state index in [9.17, 15) is 14.7 Å². The number of hydrogen-bond acceptors (Lipinski definition) is 4. The van der Waals surface area contributed by atoms with Crippen LogP contribution in [0, 0.1) is 0 Å². The molecule has 2 saturated heterocycles. The van der Waals surface area contributed by atoms with E-state index in [1.807, 2.05) is 19.2 Å². The predicted molar refractivity (Wildman–Crippen MR) is 98.1 cm³/mol. The Hall–Kier alpha value is -1.92. The van der Waals surface area contributed by atoms with E-state index in [-0.39, 0.29) is 17.9 Å². The third kappa shape index (κ3) is 3.35. The van der Waals surface area contributed by atoms with Crippen molar-refractivity contribution in [3.8, 4) is 0 Å². The second-order valence-corrected chi connectivity index (χ2v) is 8.42. The molecule has 6 nitrogen and oxygen atoms in total. The van der Waals surface area contributed by atoms with Gasteiger partial charge in [0.25, 0.3) is 5.91 Å². The molecule has 1 aromatic carbocycles. The van der Waals surface area contributed by atoms with E-state index in [2.05, 4.69) is 25.7 Å². The molecule has 1 atom stereocenters. The van der Waals surface area contributed by atoms with Crippen LogP contribution in [0.3, 0.4) is 0 Å². The quantitative estimate of drug-likeness (QED) is 0.877. The van der Waals surface area contributed by atoms with E-state index in [1.54, 1.807) is 12.1 Å². The molecule has 0 bridgehead atoms. The van der Waals surface area contributed by atoms with E-state index >= 15 is 0 Å². The molecule has 2 aliphatic rings. The van der Waals surface area contributed by atoms with E-state index < -0.39 is 17.7 Å². The number of nitrogens with zero attached hydrogens (tertiary/aromatic N) is 2. The maximum Gasteiger partial charge on any atom is 0.328 e. The summed E-state index contributed by atoms with van der Waals surface area (Å²) in [4.78, 5) is 28.6. The van der Waals surface area contributed by atoms with Crippen molar-refractivity contribution < 1.29 is 19.4 Å². The van der Waals surface area contributed by atoms with Gasteiger partial charge in [0, 0.05) is 31.5 Å². The van der Waals surface area contributed by atoms with Gasteiger partial charge in [-0.15, -0.1) is 0 Å². The SMILES string of the molecule is CN1CCC2(CC1)OC[C@@H](C(=O)O)N2C(=O)c1ccc(C(C)(C)C)cc1. The molecule has 1 amide bonds. The molecule has 2 aliphatic heterocycles. The van der Waals surface area contributed by atoms with Gasteiger partial charge in [0.2, 0.25) is 0 Å². The van der Waals surface area contributed by atoms with Gasteiger partial charge < -0.3 is 14.7 Å². The summed E-state index contributed by atoms with van der Waals surface area (Å²) < 4.78 is 5.93. The van der Waals surface area contributed by atoms with Crippen LogP contribution in [0.4, 0.5) is 0 Å². The summed E-state index contributed by atoms with van der Waals surface area (Å²) in [7, 11) is 2.02. The zero-order valence-electron chi connectivity index (χ0n) is 16.0. The average Bonchev–Trinajstić information content (AvgIpc) is 2.96. The van der Waals surface area contributed by atoms with E-state index in [0.717, 1.165) is 18.7 Å². The fourth-order valence-corrected chi connectivity index (χ4v) is 3.78. The maximum atomic E-state index is 13.2. The Kier molecular flexibility index (Phi) is 4.84. The van der Waals surface area contributed by atoms with Gasteiger partial charge in [-0.05, 0) is 30.2 Å². The molecule has 142 valence electrons. The van der Waals surface area contributed by atoms with Crippen molar-refractivity contribution in [2.75, 3.05) is 26.7 Å². The number of likely N-dealkylation sites (tertiary alicyclic amines) is 1. The number of carbonyl (C=O) groups excluding carboxylic acids is 1. The minimum atomic E-state index is -1.01. The molecular formula is C20H28N2O4. The van der Waals surface area contributed by atoms with Gasteiger partial charge >= 0.3 is 5.97 Å². The first-order valence-electron chi connectivity index (χ1n) is 9.14. The fourth-order valence-electron chi connectivity index (χ4n) is 3.78. The zero-order valence-corrected chi connectivity index (χ0v) is 16.0. The molecule has 3 rings (SSSR count). The minimum absolute atomic E-state index is 0.00287. The largest absolute Gasteiger partial charge is 0.480 e. The highest BCUT2D eigenvalue weighted by molar-refractivity contribution is 5.97. The van der Waals surface area contributed by atoms with Crippen LogP contribution >= 0.6 is 0 Å². The first-order valence-corrected chi connectivity index (χ1v) is 9.14. The highest BCUT2D eigenvalue weighted by atomic mass is 16.5. The molecule has 1 aromatic rings. The Morgan fingerprint density at radius 2 is 1.73 bits per heavy atom. The van der Waals surface area contributed by atoms with Gasteiger partial charge in [0.05, 0.1) is 6.61 Å². The molecule has 0 aliphatic carbocycles. The van der Waals surface area contributed by atoms with Gasteiger partial charge in [0.15, 0.2) is 6.04 Å². The summed E-state index contributed by atoms with van der Waals surface area (Å²) in [6, 6.07) is 6.54. The van der Waals surface area contributed by atoms with Crippen LogP contribution in [0.2, 0.25) is 0 Å².